The van der Waals surface area contributed by atoms with Gasteiger partial charge in [0.2, 0.25) is 0 Å². The van der Waals surface area contributed by atoms with Crippen LogP contribution in [0.15, 0.2) is 240 Å². The summed E-state index contributed by atoms with van der Waals surface area (Å²) in [4.78, 5) is 26.2. The van der Waals surface area contributed by atoms with Crippen molar-refractivity contribution < 1.29 is 0 Å². The Balaban J connectivity index is 0.819. The van der Waals surface area contributed by atoms with Gasteiger partial charge in [-0.2, -0.15) is 0 Å². The average molecular weight is 1300 g/mol. The third kappa shape index (κ3) is 8.63. The summed E-state index contributed by atoms with van der Waals surface area (Å²) in [5.74, 6) is 0. The molecule has 404 valence electrons. The van der Waals surface area contributed by atoms with Crippen LogP contribution in [0, 0.1) is 0 Å². The van der Waals surface area contributed by atoms with Crippen LogP contribution in [0.1, 0.15) is 22.3 Å². The van der Waals surface area contributed by atoms with Gasteiger partial charge in [-0.1, -0.05) is 72.8 Å². The highest BCUT2D eigenvalue weighted by Gasteiger charge is 2.52. The van der Waals surface area contributed by atoms with E-state index in [0.29, 0.717) is 0 Å². The van der Waals surface area contributed by atoms with E-state index in [4.69, 9.17) is 0 Å². The van der Waals surface area contributed by atoms with Crippen LogP contribution in [-0.4, -0.2) is 0 Å². The fourth-order valence-electron chi connectivity index (χ4n) is 12.4. The second-order valence-corrected chi connectivity index (χ2v) is 33.5. The first-order valence-electron chi connectivity index (χ1n) is 27.6. The zero-order chi connectivity index (χ0) is 55.7. The van der Waals surface area contributed by atoms with E-state index < -0.39 is 5.41 Å². The maximum atomic E-state index is 2.58. The largest absolute Gasteiger partial charge is 0.143 e. The van der Waals surface area contributed by atoms with E-state index in [-0.39, 0.29) is 0 Å². The van der Waals surface area contributed by atoms with E-state index in [0.717, 1.165) is 0 Å². The summed E-state index contributed by atoms with van der Waals surface area (Å²) in [5, 5.41) is 8.68. The second-order valence-electron chi connectivity index (χ2n) is 21.0. The molecule has 0 atom stereocenters. The molecule has 0 N–H and O–H groups in total. The number of fused-ring (bicyclic) bond motifs is 10. The van der Waals surface area contributed by atoms with Crippen LogP contribution in [-0.2, 0) is 5.41 Å². The van der Waals surface area contributed by atoms with Gasteiger partial charge in [0, 0.05) is 97.5 Å². The Labute approximate surface area is 539 Å². The summed E-state index contributed by atoms with van der Waals surface area (Å²) >= 11 is 22.4. The summed E-state index contributed by atoms with van der Waals surface area (Å²) in [6.07, 6.45) is 0. The van der Waals surface area contributed by atoms with Gasteiger partial charge in [-0.3, -0.25) is 0 Å². The monoisotopic (exact) mass is 1300 g/mol. The number of hydrogen-bond donors (Lipinski definition) is 0. The third-order valence-corrected chi connectivity index (χ3v) is 30.2. The molecule has 12 heterocycles. The molecule has 0 fully saturated rings. The smallest absolute Gasteiger partial charge is 0.0726 e. The van der Waals surface area contributed by atoms with Crippen LogP contribution in [0.3, 0.4) is 0 Å². The maximum absolute atomic E-state index is 2.58. The highest BCUT2D eigenvalue weighted by Crippen LogP contribution is 2.65. The van der Waals surface area contributed by atoms with Crippen LogP contribution >= 0.6 is 136 Å². The SMILES string of the molecule is c1csc(-c2ccc(-c3ccc(-c4ccc5c(c4)C4(c6cc(-c7ccc(-c8ccc(-c9cccs9)s8)s7)ccc6-5)c5cc(-c6ccc(-c7ccc(-c8cccs8)s7)s6)ccc5-c5ccc(-c6ccc(-c7ccc(-c8cccs8)s7)s6)cc54)s3)s2)c1. The van der Waals surface area contributed by atoms with Crippen molar-refractivity contribution in [1.82, 2.24) is 0 Å². The summed E-state index contributed by atoms with van der Waals surface area (Å²) < 4.78 is 0. The van der Waals surface area contributed by atoms with Crippen molar-refractivity contribution in [3.05, 3.63) is 262 Å². The van der Waals surface area contributed by atoms with Gasteiger partial charge in [0.05, 0.1) is 5.41 Å². The molecule has 85 heavy (non-hydrogen) atoms. The molecule has 16 aromatic rings. The lowest BCUT2D eigenvalue weighted by Crippen LogP contribution is -2.26. The van der Waals surface area contributed by atoms with E-state index in [2.05, 4.69) is 240 Å². The van der Waals surface area contributed by atoms with Crippen LogP contribution in [0.4, 0.5) is 0 Å². The van der Waals surface area contributed by atoms with Gasteiger partial charge < -0.3 is 0 Å². The van der Waals surface area contributed by atoms with Crippen molar-refractivity contribution >= 4 is 136 Å². The molecular formula is C73H40S12. The third-order valence-electron chi connectivity index (χ3n) is 16.3. The summed E-state index contributed by atoms with van der Waals surface area (Å²) in [6, 6.07) is 84.3. The quantitative estimate of drug-likeness (QED) is 0.114. The zero-order valence-electron chi connectivity index (χ0n) is 44.5. The van der Waals surface area contributed by atoms with Gasteiger partial charge in [-0.25, -0.2) is 0 Å². The van der Waals surface area contributed by atoms with Gasteiger partial charge in [-0.05, 0) is 234 Å². The number of rotatable bonds is 12. The van der Waals surface area contributed by atoms with Crippen LogP contribution in [0.25, 0.3) is 142 Å². The number of hydrogen-bond acceptors (Lipinski definition) is 12. The van der Waals surface area contributed by atoms with Crippen LogP contribution in [0.5, 0.6) is 0 Å². The van der Waals surface area contributed by atoms with Crippen molar-refractivity contribution in [2.24, 2.45) is 0 Å². The number of thiophene rings is 12. The first-order chi connectivity index (χ1) is 42.0. The van der Waals surface area contributed by atoms with Crippen LogP contribution in [0.2, 0.25) is 0 Å². The summed E-state index contributed by atoms with van der Waals surface area (Å²) in [7, 11) is 0. The van der Waals surface area contributed by atoms with E-state index >= 15 is 0 Å². The maximum Gasteiger partial charge on any atom is 0.0726 e. The van der Waals surface area contributed by atoms with E-state index in [1.165, 1.54) is 164 Å². The minimum Gasteiger partial charge on any atom is -0.143 e. The molecule has 2 aliphatic carbocycles. The molecule has 0 saturated heterocycles. The fourth-order valence-corrected chi connectivity index (χ4v) is 24.2. The Morgan fingerprint density at radius 3 is 0.565 bits per heavy atom. The van der Waals surface area contributed by atoms with Crippen molar-refractivity contribution in [3.63, 3.8) is 0 Å². The highest BCUT2D eigenvalue weighted by molar-refractivity contribution is 7.29. The predicted octanol–water partition coefficient (Wildman–Crippen LogP) is 26.8. The normalized spacial score (nSPS) is 12.8. The van der Waals surface area contributed by atoms with Gasteiger partial charge >= 0.3 is 0 Å². The molecule has 0 unspecified atom stereocenters. The lowest BCUT2D eigenvalue weighted by Gasteiger charge is -2.31. The molecule has 0 amide bonds. The minimum absolute atomic E-state index is 0.632. The van der Waals surface area contributed by atoms with Crippen molar-refractivity contribution in [2.75, 3.05) is 0 Å². The molecule has 0 aliphatic heterocycles. The Bertz CT molecular complexity index is 4490. The first kappa shape index (κ1) is 51.5. The van der Waals surface area contributed by atoms with Crippen molar-refractivity contribution in [2.45, 2.75) is 5.41 Å². The van der Waals surface area contributed by atoms with Crippen molar-refractivity contribution in [3.8, 4) is 142 Å². The molecule has 12 aromatic heterocycles. The molecule has 0 radical (unpaired) electrons. The molecule has 0 bridgehead atoms. The Morgan fingerprint density at radius 2 is 0.365 bits per heavy atom. The molecule has 18 rings (SSSR count). The highest BCUT2D eigenvalue weighted by atomic mass is 32.1. The minimum atomic E-state index is -0.632. The molecule has 0 saturated carbocycles. The Morgan fingerprint density at radius 1 is 0.176 bits per heavy atom. The average Bonchev–Trinajstić information content (AvgIpc) is 1.52. The predicted molar refractivity (Wildman–Crippen MR) is 382 cm³/mol. The van der Waals surface area contributed by atoms with Gasteiger partial charge in [0.25, 0.3) is 0 Å². The molecular weight excluding hydrogens is 1260 g/mol. The van der Waals surface area contributed by atoms with Crippen molar-refractivity contribution in [1.29, 1.82) is 0 Å². The molecule has 2 aliphatic rings. The first-order valence-corrected chi connectivity index (χ1v) is 37.6. The van der Waals surface area contributed by atoms with Gasteiger partial charge in [-0.15, -0.1) is 136 Å². The Kier molecular flexibility index (Phi) is 12.6. The second kappa shape index (κ2) is 20.7. The molecule has 1 spiro atoms. The lowest BCUT2D eigenvalue weighted by atomic mass is 9.69. The molecule has 4 aromatic carbocycles. The Hall–Kier alpha value is -6.72. The van der Waals surface area contributed by atoms with Crippen LogP contribution < -0.4 is 0 Å². The van der Waals surface area contributed by atoms with Gasteiger partial charge in [0.15, 0.2) is 0 Å². The topological polar surface area (TPSA) is 0 Å². The van der Waals surface area contributed by atoms with E-state index in [9.17, 15) is 0 Å². The molecule has 12 heteroatoms. The molecule has 0 nitrogen and oxygen atoms in total. The summed E-state index contributed by atoms with van der Waals surface area (Å²) in [6.45, 7) is 0. The summed E-state index contributed by atoms with van der Waals surface area (Å²) in [5.41, 5.74) is 15.0. The number of benzene rings is 4. The fraction of sp³-hybridized carbons (Fsp3) is 0.0137. The zero-order valence-corrected chi connectivity index (χ0v) is 54.3. The standard InChI is InChI=1S/C73H40S12/c1-5-57(74-33-1)61-25-29-69(82-61)65-21-17-53(78-65)41-9-13-45-46-14-10-42(54-18-22-66(79-54)70-30-26-62(83-70)58-6-2-34-75-58)38-50(46)73(49(45)37-41)51-39-43(55-19-23-67(80-55)71-31-27-63(84-71)59-7-3-35-76-59)11-15-47(51)48-16-12-44(40-52(48)73)56-20-24-68(81-56)72-32-28-64(85-72)60-8-4-36-77-60/h1-40H. The lowest BCUT2D eigenvalue weighted by molar-refractivity contribution is 0.795. The van der Waals surface area contributed by atoms with E-state index in [1.807, 2.05) is 136 Å². The van der Waals surface area contributed by atoms with Gasteiger partial charge in [0.1, 0.15) is 0 Å². The van der Waals surface area contributed by atoms with E-state index in [1.54, 1.807) is 0 Å².